The highest BCUT2D eigenvalue weighted by atomic mass is 15.1. The Morgan fingerprint density at radius 1 is 1.00 bits per heavy atom. The van der Waals surface area contributed by atoms with Gasteiger partial charge in [-0.3, -0.25) is 0 Å². The van der Waals surface area contributed by atoms with E-state index in [1.165, 1.54) is 35.7 Å². The van der Waals surface area contributed by atoms with Gasteiger partial charge < -0.3 is 4.90 Å². The smallest absolute Gasteiger partial charge is 0.0448 e. The molecule has 0 aliphatic rings. The number of fused-ring (bicyclic) bond motifs is 1. The highest BCUT2D eigenvalue weighted by Gasteiger charge is 2.14. The first kappa shape index (κ1) is 13.9. The lowest BCUT2D eigenvalue weighted by atomic mass is 10.0. The van der Waals surface area contributed by atoms with Crippen LogP contribution in [0.1, 0.15) is 40.0 Å². The molecule has 0 heterocycles. The molecule has 102 valence electrons. The Bertz CT molecular complexity index is 513. The Balaban J connectivity index is 2.35. The molecule has 0 bridgehead atoms. The van der Waals surface area contributed by atoms with Crippen molar-refractivity contribution in [3.63, 3.8) is 0 Å². The van der Waals surface area contributed by atoms with E-state index >= 15 is 0 Å². The van der Waals surface area contributed by atoms with Crippen molar-refractivity contribution in [3.05, 3.63) is 42.5 Å². The molecule has 2 aromatic rings. The molecule has 0 saturated heterocycles. The summed E-state index contributed by atoms with van der Waals surface area (Å²) in [5.41, 5.74) is 1.38. The highest BCUT2D eigenvalue weighted by molar-refractivity contribution is 5.94. The third-order valence-corrected chi connectivity index (χ3v) is 3.92. The van der Waals surface area contributed by atoms with E-state index in [1.54, 1.807) is 0 Å². The monoisotopic (exact) mass is 255 g/mol. The maximum Gasteiger partial charge on any atom is 0.0448 e. The molecule has 2 rings (SSSR count). The summed E-state index contributed by atoms with van der Waals surface area (Å²) in [6, 6.07) is 15.9. The zero-order valence-corrected chi connectivity index (χ0v) is 12.4. The van der Waals surface area contributed by atoms with Gasteiger partial charge in [-0.05, 0) is 31.7 Å². The maximum atomic E-state index is 2.54. The van der Waals surface area contributed by atoms with Gasteiger partial charge in [0.1, 0.15) is 0 Å². The fraction of sp³-hybridized carbons (Fsp3) is 0.444. The van der Waals surface area contributed by atoms with Gasteiger partial charge in [0.2, 0.25) is 0 Å². The van der Waals surface area contributed by atoms with Gasteiger partial charge in [0.05, 0.1) is 0 Å². The second-order valence-corrected chi connectivity index (χ2v) is 5.28. The first-order valence-corrected chi connectivity index (χ1v) is 7.52. The first-order chi connectivity index (χ1) is 9.27. The van der Waals surface area contributed by atoms with Crippen LogP contribution in [-0.4, -0.2) is 12.6 Å². The van der Waals surface area contributed by atoms with Crippen LogP contribution in [-0.2, 0) is 0 Å². The molecule has 0 N–H and O–H groups in total. The number of unbranched alkanes of at least 4 members (excludes halogenated alkanes) is 1. The summed E-state index contributed by atoms with van der Waals surface area (Å²) in [7, 11) is 0. The Labute approximate surface area is 117 Å². The minimum absolute atomic E-state index is 0.607. The van der Waals surface area contributed by atoms with Crippen LogP contribution in [0.25, 0.3) is 10.8 Å². The summed E-state index contributed by atoms with van der Waals surface area (Å²) in [5.74, 6) is 0. The van der Waals surface area contributed by atoms with E-state index in [2.05, 4.69) is 68.1 Å². The number of hydrogen-bond acceptors (Lipinski definition) is 1. The first-order valence-electron chi connectivity index (χ1n) is 7.52. The Morgan fingerprint density at radius 2 is 1.74 bits per heavy atom. The molecule has 0 amide bonds. The lowest BCUT2D eigenvalue weighted by Crippen LogP contribution is -2.32. The average molecular weight is 255 g/mol. The molecule has 0 aliphatic carbocycles. The molecule has 0 fully saturated rings. The molecule has 0 aromatic heterocycles. The lowest BCUT2D eigenvalue weighted by Gasteiger charge is -2.31. The van der Waals surface area contributed by atoms with Crippen molar-refractivity contribution in [3.8, 4) is 0 Å². The third-order valence-electron chi connectivity index (χ3n) is 3.92. The molecular formula is C18H25N. The molecule has 1 nitrogen and oxygen atoms in total. The minimum atomic E-state index is 0.607. The normalized spacial score (nSPS) is 12.6. The Morgan fingerprint density at radius 3 is 2.47 bits per heavy atom. The van der Waals surface area contributed by atoms with Gasteiger partial charge in [-0.15, -0.1) is 0 Å². The number of nitrogens with zero attached hydrogens (tertiary/aromatic N) is 1. The molecule has 1 atom stereocenters. The predicted molar refractivity (Wildman–Crippen MR) is 86.0 cm³/mol. The fourth-order valence-corrected chi connectivity index (χ4v) is 2.83. The maximum absolute atomic E-state index is 2.54. The van der Waals surface area contributed by atoms with Gasteiger partial charge in [-0.25, -0.2) is 0 Å². The molecular weight excluding hydrogens is 230 g/mol. The average Bonchev–Trinajstić information content (AvgIpc) is 2.46. The largest absolute Gasteiger partial charge is 0.369 e. The highest BCUT2D eigenvalue weighted by Crippen LogP contribution is 2.28. The van der Waals surface area contributed by atoms with Crippen molar-refractivity contribution in [2.75, 3.05) is 11.4 Å². The summed E-state index contributed by atoms with van der Waals surface area (Å²) in [6.45, 7) is 7.94. The summed E-state index contributed by atoms with van der Waals surface area (Å²) in [6.07, 6.45) is 3.85. The zero-order chi connectivity index (χ0) is 13.7. The molecule has 2 aromatic carbocycles. The zero-order valence-electron chi connectivity index (χ0n) is 12.4. The molecule has 0 saturated carbocycles. The summed E-state index contributed by atoms with van der Waals surface area (Å²) in [5, 5.41) is 2.70. The molecule has 1 unspecified atom stereocenters. The van der Waals surface area contributed by atoms with Crippen LogP contribution in [0.4, 0.5) is 5.69 Å². The topological polar surface area (TPSA) is 3.24 Å². The SMILES string of the molecule is CCCCC(C)N(CC)c1cccc2ccccc12. The van der Waals surface area contributed by atoms with E-state index in [1.807, 2.05) is 0 Å². The van der Waals surface area contributed by atoms with Crippen molar-refractivity contribution in [1.82, 2.24) is 0 Å². The van der Waals surface area contributed by atoms with E-state index in [4.69, 9.17) is 0 Å². The summed E-state index contributed by atoms with van der Waals surface area (Å²) in [4.78, 5) is 2.54. The van der Waals surface area contributed by atoms with Crippen molar-refractivity contribution >= 4 is 16.5 Å². The van der Waals surface area contributed by atoms with Crippen LogP contribution < -0.4 is 4.90 Å². The molecule has 0 spiro atoms. The van der Waals surface area contributed by atoms with Crippen LogP contribution in [0.15, 0.2) is 42.5 Å². The molecule has 1 heteroatoms. The van der Waals surface area contributed by atoms with Crippen LogP contribution in [0.5, 0.6) is 0 Å². The quantitative estimate of drug-likeness (QED) is 0.682. The second kappa shape index (κ2) is 6.60. The number of anilines is 1. The van der Waals surface area contributed by atoms with Crippen molar-refractivity contribution in [2.24, 2.45) is 0 Å². The van der Waals surface area contributed by atoms with E-state index in [9.17, 15) is 0 Å². The van der Waals surface area contributed by atoms with E-state index < -0.39 is 0 Å². The Hall–Kier alpha value is -1.50. The van der Waals surface area contributed by atoms with Gasteiger partial charge >= 0.3 is 0 Å². The minimum Gasteiger partial charge on any atom is -0.369 e. The second-order valence-electron chi connectivity index (χ2n) is 5.28. The van der Waals surface area contributed by atoms with Crippen molar-refractivity contribution < 1.29 is 0 Å². The standard InChI is InChI=1S/C18H25N/c1-4-6-10-15(3)19(5-2)18-14-9-12-16-11-7-8-13-17(16)18/h7-9,11-15H,4-6,10H2,1-3H3. The van der Waals surface area contributed by atoms with E-state index in [0.29, 0.717) is 6.04 Å². The molecule has 0 aliphatic heterocycles. The number of hydrogen-bond donors (Lipinski definition) is 0. The van der Waals surface area contributed by atoms with Gasteiger partial charge in [0.15, 0.2) is 0 Å². The number of benzene rings is 2. The van der Waals surface area contributed by atoms with Crippen LogP contribution >= 0.6 is 0 Å². The van der Waals surface area contributed by atoms with Crippen LogP contribution in [0.2, 0.25) is 0 Å². The molecule has 0 radical (unpaired) electrons. The van der Waals surface area contributed by atoms with Crippen LogP contribution in [0, 0.1) is 0 Å². The van der Waals surface area contributed by atoms with Gasteiger partial charge in [-0.2, -0.15) is 0 Å². The van der Waals surface area contributed by atoms with Crippen molar-refractivity contribution in [2.45, 2.75) is 46.1 Å². The Kier molecular flexibility index (Phi) is 4.84. The fourth-order valence-electron chi connectivity index (χ4n) is 2.83. The van der Waals surface area contributed by atoms with Crippen LogP contribution in [0.3, 0.4) is 0 Å². The van der Waals surface area contributed by atoms with Gasteiger partial charge in [-0.1, -0.05) is 56.2 Å². The number of rotatable bonds is 6. The predicted octanol–water partition coefficient (Wildman–Crippen LogP) is 5.24. The summed E-state index contributed by atoms with van der Waals surface area (Å²) >= 11 is 0. The van der Waals surface area contributed by atoms with Gasteiger partial charge in [0, 0.05) is 23.7 Å². The lowest BCUT2D eigenvalue weighted by molar-refractivity contribution is 0.569. The van der Waals surface area contributed by atoms with E-state index in [-0.39, 0.29) is 0 Å². The van der Waals surface area contributed by atoms with E-state index in [0.717, 1.165) is 6.54 Å². The summed E-state index contributed by atoms with van der Waals surface area (Å²) < 4.78 is 0. The van der Waals surface area contributed by atoms with Gasteiger partial charge in [0.25, 0.3) is 0 Å². The molecule has 19 heavy (non-hydrogen) atoms. The van der Waals surface area contributed by atoms with Crippen molar-refractivity contribution in [1.29, 1.82) is 0 Å². The third kappa shape index (κ3) is 3.09.